The molecule has 0 radical (unpaired) electrons. The van der Waals surface area contributed by atoms with E-state index in [-0.39, 0.29) is 6.04 Å². The molecule has 0 bridgehead atoms. The van der Waals surface area contributed by atoms with E-state index in [0.29, 0.717) is 6.42 Å². The predicted molar refractivity (Wildman–Crippen MR) is 86.3 cm³/mol. The molecule has 6 nitrogen and oxygen atoms in total. The summed E-state index contributed by atoms with van der Waals surface area (Å²) in [7, 11) is 0. The average Bonchev–Trinajstić information content (AvgIpc) is 3.18. The largest absolute Gasteiger partial charge is 0.480 e. The lowest BCUT2D eigenvalue weighted by Gasteiger charge is -2.28. The number of aryl methyl sites for hydroxylation is 1. The van der Waals surface area contributed by atoms with Gasteiger partial charge in [-0.05, 0) is 18.6 Å². The van der Waals surface area contributed by atoms with Gasteiger partial charge in [-0.1, -0.05) is 18.2 Å². The lowest BCUT2D eigenvalue weighted by Crippen LogP contribution is -2.44. The number of rotatable bonds is 3. The molecule has 3 N–H and O–H groups in total. The smallest absolute Gasteiger partial charge is 0.321 e. The lowest BCUT2D eigenvalue weighted by molar-refractivity contribution is -0.139. The molecule has 2 atom stereocenters. The summed E-state index contributed by atoms with van der Waals surface area (Å²) >= 11 is 0. The van der Waals surface area contributed by atoms with Gasteiger partial charge >= 0.3 is 5.97 Å². The molecule has 0 amide bonds. The highest BCUT2D eigenvalue weighted by atomic mass is 16.4. The van der Waals surface area contributed by atoms with E-state index in [1.165, 1.54) is 0 Å². The maximum atomic E-state index is 11.6. The monoisotopic (exact) mass is 310 g/mol. The van der Waals surface area contributed by atoms with Crippen molar-refractivity contribution in [2.45, 2.75) is 32.0 Å². The van der Waals surface area contributed by atoms with Crippen molar-refractivity contribution < 1.29 is 9.90 Å². The van der Waals surface area contributed by atoms with Gasteiger partial charge in [0.15, 0.2) is 0 Å². The second-order valence-corrected chi connectivity index (χ2v) is 5.89. The maximum absolute atomic E-state index is 11.6. The van der Waals surface area contributed by atoms with Crippen LogP contribution >= 0.6 is 0 Å². The molecule has 0 saturated heterocycles. The number of para-hydroxylation sites is 1. The summed E-state index contributed by atoms with van der Waals surface area (Å²) < 4.78 is 1.85. The molecular weight excluding hydrogens is 292 g/mol. The summed E-state index contributed by atoms with van der Waals surface area (Å²) in [4.78, 5) is 15.0. The van der Waals surface area contributed by atoms with Crippen LogP contribution in [-0.4, -0.2) is 31.9 Å². The first kappa shape index (κ1) is 14.0. The second-order valence-electron chi connectivity index (χ2n) is 5.89. The van der Waals surface area contributed by atoms with Gasteiger partial charge < -0.3 is 10.1 Å². The number of hydrogen-bond acceptors (Lipinski definition) is 3. The summed E-state index contributed by atoms with van der Waals surface area (Å²) in [6, 6.07) is 7.25. The Morgan fingerprint density at radius 1 is 1.43 bits per heavy atom. The minimum absolute atomic E-state index is 0.187. The number of aromatic nitrogens is 3. The van der Waals surface area contributed by atoms with Crippen LogP contribution in [0.5, 0.6) is 0 Å². The van der Waals surface area contributed by atoms with Gasteiger partial charge in [0, 0.05) is 41.3 Å². The first-order valence-electron chi connectivity index (χ1n) is 7.78. The van der Waals surface area contributed by atoms with Gasteiger partial charge in [-0.2, -0.15) is 5.10 Å². The third kappa shape index (κ3) is 2.22. The van der Waals surface area contributed by atoms with Crippen LogP contribution < -0.4 is 5.32 Å². The molecule has 6 heteroatoms. The fraction of sp³-hybridized carbons (Fsp3) is 0.294. The third-order valence-electron chi connectivity index (χ3n) is 4.52. The van der Waals surface area contributed by atoms with Crippen LogP contribution in [0.15, 0.2) is 36.7 Å². The summed E-state index contributed by atoms with van der Waals surface area (Å²) in [5.74, 6) is -0.825. The topological polar surface area (TPSA) is 82.9 Å². The van der Waals surface area contributed by atoms with E-state index < -0.39 is 12.0 Å². The zero-order valence-corrected chi connectivity index (χ0v) is 12.8. The standard InChI is InChI=1S/C17H18N4O2/c1-2-21-9-10(8-18-21)15-16-12(7-14(20-15)17(22)23)11-5-3-4-6-13(11)19-16/h3-6,8-9,14-15,19-20H,2,7H2,1H3,(H,22,23)/t14-,15+/m1/s1. The molecule has 0 spiro atoms. The van der Waals surface area contributed by atoms with Crippen molar-refractivity contribution in [3.8, 4) is 0 Å². The van der Waals surface area contributed by atoms with Crippen molar-refractivity contribution >= 4 is 16.9 Å². The molecule has 0 fully saturated rings. The molecule has 2 aromatic heterocycles. The number of benzene rings is 1. The zero-order chi connectivity index (χ0) is 16.0. The van der Waals surface area contributed by atoms with Gasteiger partial charge in [0.25, 0.3) is 0 Å². The Bertz CT molecular complexity index is 880. The molecule has 118 valence electrons. The molecule has 23 heavy (non-hydrogen) atoms. The Morgan fingerprint density at radius 3 is 3.00 bits per heavy atom. The van der Waals surface area contributed by atoms with Crippen LogP contribution in [0.1, 0.15) is 29.8 Å². The Morgan fingerprint density at radius 2 is 2.26 bits per heavy atom. The van der Waals surface area contributed by atoms with Gasteiger partial charge in [-0.3, -0.25) is 14.8 Å². The summed E-state index contributed by atoms with van der Waals surface area (Å²) in [6.45, 7) is 2.81. The quantitative estimate of drug-likeness (QED) is 0.691. The number of nitrogens with zero attached hydrogens (tertiary/aromatic N) is 2. The molecule has 1 aliphatic heterocycles. The number of carboxylic acid groups (broad SMARTS) is 1. The van der Waals surface area contributed by atoms with Crippen LogP contribution in [0.25, 0.3) is 10.9 Å². The highest BCUT2D eigenvalue weighted by Crippen LogP contribution is 2.35. The van der Waals surface area contributed by atoms with Gasteiger partial charge in [0.05, 0.1) is 12.2 Å². The first-order chi connectivity index (χ1) is 11.2. The first-order valence-corrected chi connectivity index (χ1v) is 7.78. The average molecular weight is 310 g/mol. The van der Waals surface area contributed by atoms with Crippen molar-refractivity contribution in [3.63, 3.8) is 0 Å². The van der Waals surface area contributed by atoms with E-state index in [1.807, 2.05) is 42.1 Å². The van der Waals surface area contributed by atoms with Crippen LogP contribution in [-0.2, 0) is 17.8 Å². The maximum Gasteiger partial charge on any atom is 0.321 e. The van der Waals surface area contributed by atoms with E-state index in [2.05, 4.69) is 15.4 Å². The Labute approximate surface area is 133 Å². The molecule has 1 aliphatic rings. The SMILES string of the molecule is CCn1cc([C@@H]2N[C@@H](C(=O)O)Cc3c2[nH]c2ccccc32)cn1. The number of carbonyl (C=O) groups is 1. The summed E-state index contributed by atoms with van der Waals surface area (Å²) in [5.41, 5.74) is 4.14. The third-order valence-corrected chi connectivity index (χ3v) is 4.52. The molecule has 0 aliphatic carbocycles. The lowest BCUT2D eigenvalue weighted by atomic mass is 9.91. The molecule has 3 aromatic rings. The Kier molecular flexibility index (Phi) is 3.20. The Balaban J connectivity index is 1.87. The normalized spacial score (nSPS) is 20.6. The van der Waals surface area contributed by atoms with Crippen molar-refractivity contribution in [3.05, 3.63) is 53.5 Å². The highest BCUT2D eigenvalue weighted by molar-refractivity contribution is 5.87. The van der Waals surface area contributed by atoms with E-state index in [0.717, 1.165) is 34.3 Å². The number of aliphatic carboxylic acids is 1. The fourth-order valence-electron chi connectivity index (χ4n) is 3.36. The number of aromatic amines is 1. The van der Waals surface area contributed by atoms with Gasteiger partial charge in [-0.25, -0.2) is 0 Å². The molecule has 0 unspecified atom stereocenters. The highest BCUT2D eigenvalue weighted by Gasteiger charge is 2.34. The van der Waals surface area contributed by atoms with Gasteiger partial charge in [0.2, 0.25) is 0 Å². The van der Waals surface area contributed by atoms with Gasteiger partial charge in [-0.15, -0.1) is 0 Å². The van der Waals surface area contributed by atoms with Crippen LogP contribution in [0.4, 0.5) is 0 Å². The molecule has 4 rings (SSSR count). The van der Waals surface area contributed by atoms with Crippen LogP contribution in [0.3, 0.4) is 0 Å². The van der Waals surface area contributed by atoms with E-state index in [1.54, 1.807) is 6.20 Å². The zero-order valence-electron chi connectivity index (χ0n) is 12.8. The van der Waals surface area contributed by atoms with Crippen molar-refractivity contribution in [1.29, 1.82) is 0 Å². The van der Waals surface area contributed by atoms with Crippen molar-refractivity contribution in [1.82, 2.24) is 20.1 Å². The number of fused-ring (bicyclic) bond motifs is 3. The Hall–Kier alpha value is -2.60. The minimum atomic E-state index is -0.825. The van der Waals surface area contributed by atoms with Crippen LogP contribution in [0.2, 0.25) is 0 Å². The molecule has 1 aromatic carbocycles. The van der Waals surface area contributed by atoms with E-state index in [9.17, 15) is 9.90 Å². The number of carboxylic acids is 1. The second kappa shape index (κ2) is 5.24. The van der Waals surface area contributed by atoms with Crippen molar-refractivity contribution in [2.24, 2.45) is 0 Å². The van der Waals surface area contributed by atoms with E-state index >= 15 is 0 Å². The van der Waals surface area contributed by atoms with Crippen molar-refractivity contribution in [2.75, 3.05) is 0 Å². The van der Waals surface area contributed by atoms with Crippen LogP contribution in [0, 0.1) is 0 Å². The molecule has 3 heterocycles. The number of H-pyrrole nitrogens is 1. The fourth-order valence-corrected chi connectivity index (χ4v) is 3.36. The predicted octanol–water partition coefficient (Wildman–Crippen LogP) is 2.07. The number of nitrogens with one attached hydrogen (secondary N) is 2. The van der Waals surface area contributed by atoms with Gasteiger partial charge in [0.1, 0.15) is 6.04 Å². The molecular formula is C17H18N4O2. The minimum Gasteiger partial charge on any atom is -0.480 e. The summed E-state index contributed by atoms with van der Waals surface area (Å²) in [5, 5.41) is 18.2. The van der Waals surface area contributed by atoms with E-state index in [4.69, 9.17) is 0 Å². The molecule has 0 saturated carbocycles. The number of hydrogen-bond donors (Lipinski definition) is 3. The summed E-state index contributed by atoms with van der Waals surface area (Å²) in [6.07, 6.45) is 4.25.